The van der Waals surface area contributed by atoms with Crippen molar-refractivity contribution in [1.82, 2.24) is 10.0 Å². The van der Waals surface area contributed by atoms with Gasteiger partial charge in [-0.15, -0.1) is 0 Å². The largest absolute Gasteiger partial charge is 0.465 e. The molecule has 0 atom stereocenters. The van der Waals surface area contributed by atoms with Gasteiger partial charge in [-0.05, 0) is 38.1 Å². The molecule has 9 heteroatoms. The molecule has 0 radical (unpaired) electrons. The van der Waals surface area contributed by atoms with E-state index in [-0.39, 0.29) is 12.0 Å². The summed E-state index contributed by atoms with van der Waals surface area (Å²) in [6.45, 7) is 2.07. The Balaban J connectivity index is 2.27. The lowest BCUT2D eigenvalue weighted by atomic mass is 9.80. The molecule has 1 aliphatic heterocycles. The van der Waals surface area contributed by atoms with Gasteiger partial charge in [-0.2, -0.15) is 0 Å². The molecule has 0 bridgehead atoms. The van der Waals surface area contributed by atoms with E-state index in [0.29, 0.717) is 6.61 Å². The maximum Gasteiger partial charge on any atom is 0.342 e. The second kappa shape index (κ2) is 8.22. The predicted molar refractivity (Wildman–Crippen MR) is 89.3 cm³/mol. The van der Waals surface area contributed by atoms with E-state index >= 15 is 0 Å². The summed E-state index contributed by atoms with van der Waals surface area (Å²) in [6.07, 6.45) is 1.49. The van der Waals surface area contributed by atoms with Crippen molar-refractivity contribution in [3.63, 3.8) is 0 Å². The fraction of sp³-hybridized carbons (Fsp3) is 0.562. The normalized spacial score (nSPS) is 17.2. The summed E-state index contributed by atoms with van der Waals surface area (Å²) in [4.78, 5) is 11.4. The number of rotatable bonds is 7. The van der Waals surface area contributed by atoms with Gasteiger partial charge in [0.05, 0.1) is 18.6 Å². The number of halogens is 1. The fourth-order valence-corrected chi connectivity index (χ4v) is 4.35. The van der Waals surface area contributed by atoms with Crippen molar-refractivity contribution in [3.8, 4) is 0 Å². The Bertz CT molecular complexity index is 712. The Morgan fingerprint density at radius 3 is 2.60 bits per heavy atom. The first-order valence-corrected chi connectivity index (χ1v) is 9.40. The first-order valence-electron chi connectivity index (χ1n) is 7.91. The summed E-state index contributed by atoms with van der Waals surface area (Å²) in [7, 11) is -1.45. The van der Waals surface area contributed by atoms with Crippen LogP contribution >= 0.6 is 0 Å². The smallest absolute Gasteiger partial charge is 0.342 e. The summed E-state index contributed by atoms with van der Waals surface area (Å²) < 4.78 is 51.6. The van der Waals surface area contributed by atoms with E-state index in [0.717, 1.165) is 39.1 Å². The SMILES string of the molecule is COCC1(CNS(=O)(=O)c2cccc(F)c2C(=O)OC)CCNCC1. The molecule has 1 heterocycles. The van der Waals surface area contributed by atoms with Crippen molar-refractivity contribution in [2.24, 2.45) is 5.41 Å². The van der Waals surface area contributed by atoms with E-state index in [1.165, 1.54) is 12.1 Å². The van der Waals surface area contributed by atoms with E-state index < -0.39 is 32.3 Å². The van der Waals surface area contributed by atoms with Gasteiger partial charge in [0, 0.05) is 19.1 Å². The Kier molecular flexibility index (Phi) is 6.50. The molecule has 0 unspecified atom stereocenters. The standard InChI is InChI=1S/C16H23FN2O5S/c1-23-11-16(6-8-18-9-7-16)10-19-25(21,22)13-5-3-4-12(17)14(13)15(20)24-2/h3-5,18-19H,6-11H2,1-2H3. The highest BCUT2D eigenvalue weighted by atomic mass is 32.2. The Hall–Kier alpha value is -1.55. The van der Waals surface area contributed by atoms with Crippen LogP contribution in [0.25, 0.3) is 0 Å². The number of hydrogen-bond donors (Lipinski definition) is 2. The third kappa shape index (κ3) is 4.55. The van der Waals surface area contributed by atoms with Gasteiger partial charge < -0.3 is 14.8 Å². The van der Waals surface area contributed by atoms with E-state index in [9.17, 15) is 17.6 Å². The van der Waals surface area contributed by atoms with Gasteiger partial charge in [-0.1, -0.05) is 6.07 Å². The van der Waals surface area contributed by atoms with Crippen LogP contribution in [0.4, 0.5) is 4.39 Å². The van der Waals surface area contributed by atoms with Crippen molar-refractivity contribution < 1.29 is 27.1 Å². The molecule has 0 spiro atoms. The third-order valence-corrected chi connectivity index (χ3v) is 5.85. The molecule has 7 nitrogen and oxygen atoms in total. The van der Waals surface area contributed by atoms with E-state index in [1.54, 1.807) is 7.11 Å². The number of methoxy groups -OCH3 is 2. The van der Waals surface area contributed by atoms with Gasteiger partial charge in [-0.25, -0.2) is 22.3 Å². The summed E-state index contributed by atoms with van der Waals surface area (Å²) in [5, 5.41) is 3.22. The Labute approximate surface area is 146 Å². The van der Waals surface area contributed by atoms with Crippen molar-refractivity contribution in [3.05, 3.63) is 29.6 Å². The molecule has 140 valence electrons. The van der Waals surface area contributed by atoms with Crippen LogP contribution in [0.1, 0.15) is 23.2 Å². The van der Waals surface area contributed by atoms with E-state index in [1.807, 2.05) is 0 Å². The summed E-state index contributed by atoms with van der Waals surface area (Å²) in [5.74, 6) is -1.98. The van der Waals surface area contributed by atoms with Crippen LogP contribution < -0.4 is 10.0 Å². The van der Waals surface area contributed by atoms with Crippen molar-refractivity contribution in [1.29, 1.82) is 0 Å². The number of sulfonamides is 1. The molecule has 0 amide bonds. The van der Waals surface area contributed by atoms with Crippen LogP contribution in [0.5, 0.6) is 0 Å². The third-order valence-electron chi connectivity index (χ3n) is 4.41. The second-order valence-corrected chi connectivity index (χ2v) is 7.85. The Morgan fingerprint density at radius 1 is 1.32 bits per heavy atom. The van der Waals surface area contributed by atoms with Crippen molar-refractivity contribution in [2.75, 3.05) is 40.5 Å². The summed E-state index contributed by atoms with van der Waals surface area (Å²) in [6, 6.07) is 3.44. The van der Waals surface area contributed by atoms with Gasteiger partial charge in [0.15, 0.2) is 0 Å². The van der Waals surface area contributed by atoms with Crippen LogP contribution in [0.15, 0.2) is 23.1 Å². The minimum absolute atomic E-state index is 0.141. The van der Waals surface area contributed by atoms with Gasteiger partial charge in [0.2, 0.25) is 10.0 Å². The minimum Gasteiger partial charge on any atom is -0.465 e. The lowest BCUT2D eigenvalue weighted by molar-refractivity contribution is 0.0575. The summed E-state index contributed by atoms with van der Waals surface area (Å²) >= 11 is 0. The molecule has 25 heavy (non-hydrogen) atoms. The number of esters is 1. The predicted octanol–water partition coefficient (Wildman–Crippen LogP) is 0.907. The first kappa shape index (κ1) is 19.8. The lowest BCUT2D eigenvalue weighted by Crippen LogP contribution is -2.47. The number of carbonyl (C=O) groups is 1. The van der Waals surface area contributed by atoms with E-state index in [4.69, 9.17) is 4.74 Å². The maximum atomic E-state index is 14.0. The molecule has 1 saturated heterocycles. The average Bonchev–Trinajstić information content (AvgIpc) is 2.60. The highest BCUT2D eigenvalue weighted by molar-refractivity contribution is 7.89. The number of ether oxygens (including phenoxy) is 2. The number of carbonyl (C=O) groups excluding carboxylic acids is 1. The monoisotopic (exact) mass is 374 g/mol. The highest BCUT2D eigenvalue weighted by Crippen LogP contribution is 2.29. The molecule has 1 fully saturated rings. The topological polar surface area (TPSA) is 93.7 Å². The van der Waals surface area contributed by atoms with Gasteiger partial charge in [0.25, 0.3) is 0 Å². The van der Waals surface area contributed by atoms with Gasteiger partial charge in [-0.3, -0.25) is 0 Å². The Morgan fingerprint density at radius 2 is 2.00 bits per heavy atom. The lowest BCUT2D eigenvalue weighted by Gasteiger charge is -2.37. The number of piperidine rings is 1. The minimum atomic E-state index is -4.09. The fourth-order valence-electron chi connectivity index (χ4n) is 2.99. The van der Waals surface area contributed by atoms with Crippen molar-refractivity contribution in [2.45, 2.75) is 17.7 Å². The van der Waals surface area contributed by atoms with Crippen LogP contribution in [0, 0.1) is 11.2 Å². The van der Waals surface area contributed by atoms with Crippen molar-refractivity contribution >= 4 is 16.0 Å². The van der Waals surface area contributed by atoms with Crippen LogP contribution in [-0.4, -0.2) is 54.8 Å². The van der Waals surface area contributed by atoms with Crippen LogP contribution in [0.3, 0.4) is 0 Å². The molecular formula is C16H23FN2O5S. The maximum absolute atomic E-state index is 14.0. The molecule has 0 aromatic heterocycles. The molecule has 1 aliphatic rings. The molecular weight excluding hydrogens is 351 g/mol. The van der Waals surface area contributed by atoms with Crippen LogP contribution in [-0.2, 0) is 19.5 Å². The van der Waals surface area contributed by atoms with Crippen LogP contribution in [0.2, 0.25) is 0 Å². The quantitative estimate of drug-likeness (QED) is 0.689. The molecule has 1 aromatic carbocycles. The number of nitrogens with one attached hydrogen (secondary N) is 2. The number of hydrogen-bond acceptors (Lipinski definition) is 6. The van der Waals surface area contributed by atoms with E-state index in [2.05, 4.69) is 14.8 Å². The molecule has 0 saturated carbocycles. The molecule has 2 rings (SSSR count). The molecule has 1 aromatic rings. The highest BCUT2D eigenvalue weighted by Gasteiger charge is 2.35. The molecule has 2 N–H and O–H groups in total. The van der Waals surface area contributed by atoms with Gasteiger partial charge >= 0.3 is 5.97 Å². The zero-order valence-corrected chi connectivity index (χ0v) is 15.1. The number of benzene rings is 1. The van der Waals surface area contributed by atoms with Gasteiger partial charge in [0.1, 0.15) is 11.4 Å². The first-order chi connectivity index (χ1) is 11.9. The molecule has 0 aliphatic carbocycles. The zero-order valence-electron chi connectivity index (χ0n) is 14.3. The zero-order chi connectivity index (χ0) is 18.5. The average molecular weight is 374 g/mol. The summed E-state index contributed by atoms with van der Waals surface area (Å²) in [5.41, 5.74) is -0.935. The second-order valence-electron chi connectivity index (χ2n) is 6.11.